The van der Waals surface area contributed by atoms with E-state index in [-0.39, 0.29) is 0 Å². The SMILES string of the molecule is c1ccc2c(c1)ccc1c2c2ccc3c4ccccc4oc3c2n1-c1ccc2sc3ccccc3c2c1.c1ccc2c(c1)oc1c2c2ccccc2c2c1c1ccccc1n2-c1ccc2sc3ccccc3c2c1.c1ccc2c(c1)oc1c2c2ccccc2c2c3ccccc3n(-c3ccc4sc5ccccc5c4c3)c12.c1ccc2cc3c(cc2c1)c1cc2oc4ccccc4c2cc1n3-c1ccc2sc3ccccc3c2c1. The highest BCUT2D eigenvalue weighted by atomic mass is 32.1. The van der Waals surface area contributed by atoms with Crippen LogP contribution in [0, 0.1) is 0 Å². The molecule has 12 heteroatoms. The maximum atomic E-state index is 6.69. The van der Waals surface area contributed by atoms with Gasteiger partial charge in [0.2, 0.25) is 0 Å². The number of nitrogens with zero attached hydrogens (tertiary/aromatic N) is 4. The van der Waals surface area contributed by atoms with Gasteiger partial charge >= 0.3 is 0 Å². The Balaban J connectivity index is 0.0000000859. The lowest BCUT2D eigenvalue weighted by molar-refractivity contribution is 0.669. The maximum absolute atomic E-state index is 6.69. The lowest BCUT2D eigenvalue weighted by atomic mass is 9.99. The van der Waals surface area contributed by atoms with Crippen molar-refractivity contribution in [2.24, 2.45) is 0 Å². The summed E-state index contributed by atoms with van der Waals surface area (Å²) in [5.41, 5.74) is 21.6. The van der Waals surface area contributed by atoms with Crippen LogP contribution in [0.2, 0.25) is 0 Å². The van der Waals surface area contributed by atoms with Crippen molar-refractivity contribution in [3.63, 3.8) is 0 Å². The molecule has 0 radical (unpaired) electrons. The quantitative estimate of drug-likeness (QED) is 0.176. The van der Waals surface area contributed by atoms with Crippen LogP contribution in [0.5, 0.6) is 0 Å². The zero-order valence-electron chi connectivity index (χ0n) is 78.9. The number of rotatable bonds is 4. The first-order valence-corrected chi connectivity index (χ1v) is 53.4. The van der Waals surface area contributed by atoms with Crippen molar-refractivity contribution in [2.75, 3.05) is 0 Å². The minimum atomic E-state index is 0.922. The van der Waals surface area contributed by atoms with Gasteiger partial charge in [-0.15, -0.1) is 45.3 Å². The molecule has 8 nitrogen and oxygen atoms in total. The standard InChI is InChI=1S/4C34H19NOS/c1-2-11-23-22(10-1)31-25-13-4-7-15-28(25)36-34(31)32-24-12-3-6-14-27(24)35(33(23)32)20-17-18-30-26(19-20)21-9-5-8-16-29(21)37-30;1-2-11-23-22(10-1)31-24-12-3-6-14-27(24)35(33(31)34-32(23)25-13-4-7-15-28(25)36-34)20-17-18-30-26(19-20)21-9-5-8-16-29(21)37-30;1-2-8-22-20(7-1)13-17-28-32(22)26-16-15-25-23-9-3-5-11-29(23)36-34(25)33(26)35(28)21-14-18-31-27(19-21)24-10-4-6-12-30(24)37-31;1-2-8-21-16-29-25(15-20(21)7-1)26-19-32-27(23-9-3-5-11-31(23)36-32)18-30(26)35(29)22-13-14-34-28(17-22)24-10-4-6-12-33(24)37-34/h4*1-19H. The first-order valence-electron chi connectivity index (χ1n) is 50.1. The van der Waals surface area contributed by atoms with E-state index < -0.39 is 0 Å². The highest BCUT2D eigenvalue weighted by molar-refractivity contribution is 7.27. The molecule has 0 atom stereocenters. The second kappa shape index (κ2) is 31.6. The molecule has 0 N–H and O–H groups in total. The fourth-order valence-electron chi connectivity index (χ4n) is 24.7. The van der Waals surface area contributed by atoms with Crippen LogP contribution in [0.3, 0.4) is 0 Å². The predicted octanol–water partition coefficient (Wildman–Crippen LogP) is 40.8. The summed E-state index contributed by atoms with van der Waals surface area (Å²) in [7, 11) is 0. The topological polar surface area (TPSA) is 72.3 Å². The molecular weight excluding hydrogens is 1880 g/mol. The minimum absolute atomic E-state index is 0.922. The van der Waals surface area contributed by atoms with Crippen LogP contribution in [0.15, 0.2) is 479 Å². The summed E-state index contributed by atoms with van der Waals surface area (Å²) in [4.78, 5) is 0. The van der Waals surface area contributed by atoms with Gasteiger partial charge in [-0.25, -0.2) is 0 Å². The van der Waals surface area contributed by atoms with Gasteiger partial charge in [0.25, 0.3) is 0 Å². The smallest absolute Gasteiger partial charge is 0.160 e. The first-order chi connectivity index (χ1) is 73.4. The summed E-state index contributed by atoms with van der Waals surface area (Å²) in [5, 5.41) is 39.5. The van der Waals surface area contributed by atoms with E-state index in [1.165, 1.54) is 228 Å². The van der Waals surface area contributed by atoms with Crippen molar-refractivity contribution in [1.29, 1.82) is 0 Å². The Morgan fingerprint density at radius 3 is 1.03 bits per heavy atom. The van der Waals surface area contributed by atoms with Crippen molar-refractivity contribution in [3.05, 3.63) is 461 Å². The van der Waals surface area contributed by atoms with Gasteiger partial charge < -0.3 is 35.9 Å². The predicted molar refractivity (Wildman–Crippen MR) is 634 cm³/mol. The molecule has 12 heterocycles. The summed E-state index contributed by atoms with van der Waals surface area (Å²) >= 11 is 7.43. The van der Waals surface area contributed by atoms with E-state index in [1.54, 1.807) is 0 Å². The number of hydrogen-bond donors (Lipinski definition) is 0. The van der Waals surface area contributed by atoms with E-state index >= 15 is 0 Å². The Labute approximate surface area is 856 Å². The number of hydrogen-bond acceptors (Lipinski definition) is 8. The van der Waals surface area contributed by atoms with Crippen LogP contribution >= 0.6 is 45.3 Å². The molecule has 0 saturated carbocycles. The van der Waals surface area contributed by atoms with Crippen molar-refractivity contribution < 1.29 is 17.7 Å². The lowest BCUT2D eigenvalue weighted by Gasteiger charge is -2.11. The van der Waals surface area contributed by atoms with Gasteiger partial charge in [-0.05, 0) is 208 Å². The lowest BCUT2D eigenvalue weighted by Crippen LogP contribution is -1.94. The number of benzene rings is 24. The number of fused-ring (bicyclic) bond motifs is 48. The summed E-state index contributed by atoms with van der Waals surface area (Å²) in [5.74, 6) is 0. The van der Waals surface area contributed by atoms with Crippen LogP contribution in [-0.4, -0.2) is 18.3 Å². The van der Waals surface area contributed by atoms with Gasteiger partial charge in [-0.2, -0.15) is 0 Å². The molecule has 12 aromatic heterocycles. The Bertz CT molecular complexity index is 12000. The molecule has 0 bridgehead atoms. The van der Waals surface area contributed by atoms with Crippen molar-refractivity contribution in [1.82, 2.24) is 18.3 Å². The van der Waals surface area contributed by atoms with Crippen molar-refractivity contribution in [2.45, 2.75) is 0 Å². The van der Waals surface area contributed by atoms with E-state index in [9.17, 15) is 0 Å². The molecular formula is C136H76N4O4S4. The maximum Gasteiger partial charge on any atom is 0.160 e. The van der Waals surface area contributed by atoms with E-state index in [1.807, 2.05) is 63.5 Å². The van der Waals surface area contributed by atoms with Gasteiger partial charge in [0.15, 0.2) is 11.2 Å². The molecule has 0 aliphatic rings. The molecule has 148 heavy (non-hydrogen) atoms. The summed E-state index contributed by atoms with van der Waals surface area (Å²) in [6.45, 7) is 0. The Morgan fingerprint density at radius 1 is 0.135 bits per heavy atom. The minimum Gasteiger partial charge on any atom is -0.456 e. The van der Waals surface area contributed by atoms with Crippen molar-refractivity contribution in [3.8, 4) is 22.7 Å². The van der Waals surface area contributed by atoms with E-state index in [2.05, 4.69) is 461 Å². The fourth-order valence-corrected chi connectivity index (χ4v) is 29.1. The van der Waals surface area contributed by atoms with E-state index in [0.29, 0.717) is 0 Å². The Morgan fingerprint density at radius 2 is 0.486 bits per heavy atom. The van der Waals surface area contributed by atoms with Gasteiger partial charge in [-0.3, -0.25) is 0 Å². The largest absolute Gasteiger partial charge is 0.456 e. The Kier molecular flexibility index (Phi) is 17.5. The molecule has 36 aromatic rings. The molecule has 36 rings (SSSR count). The molecule has 0 fully saturated rings. The van der Waals surface area contributed by atoms with Gasteiger partial charge in [0.05, 0.1) is 49.5 Å². The number of thiophene rings is 4. The molecule has 0 aliphatic carbocycles. The van der Waals surface area contributed by atoms with Gasteiger partial charge in [-0.1, -0.05) is 291 Å². The van der Waals surface area contributed by atoms with E-state index in [4.69, 9.17) is 17.7 Å². The molecule has 24 aromatic carbocycles. The highest BCUT2D eigenvalue weighted by Crippen LogP contribution is 2.53. The zero-order valence-corrected chi connectivity index (χ0v) is 82.2. The molecule has 0 amide bonds. The first kappa shape index (κ1) is 82.1. The van der Waals surface area contributed by atoms with Crippen LogP contribution < -0.4 is 0 Å². The second-order valence-electron chi connectivity index (χ2n) is 38.9. The van der Waals surface area contributed by atoms with Crippen molar-refractivity contribution >= 4 is 344 Å². The number of para-hydroxylation sites is 6. The molecule has 688 valence electrons. The zero-order chi connectivity index (χ0) is 96.3. The third-order valence-corrected chi connectivity index (χ3v) is 35.7. The molecule has 0 unspecified atom stereocenters. The monoisotopic (exact) mass is 1960 g/mol. The summed E-state index contributed by atoms with van der Waals surface area (Å²) < 4.78 is 46.5. The number of aromatic nitrogens is 4. The third-order valence-electron chi connectivity index (χ3n) is 31.1. The van der Waals surface area contributed by atoms with Crippen LogP contribution in [0.1, 0.15) is 0 Å². The third kappa shape index (κ3) is 12.0. The van der Waals surface area contributed by atoms with Crippen LogP contribution in [-0.2, 0) is 0 Å². The Hall–Kier alpha value is -18.4. The van der Waals surface area contributed by atoms with Crippen LogP contribution in [0.4, 0.5) is 0 Å². The van der Waals surface area contributed by atoms with Gasteiger partial charge in [0, 0.05) is 190 Å². The molecule has 0 saturated heterocycles. The molecule has 0 aliphatic heterocycles. The average Bonchev–Trinajstić information content (AvgIpc) is 1.54. The normalized spacial score (nSPS) is 12.3. The van der Waals surface area contributed by atoms with Gasteiger partial charge in [0.1, 0.15) is 33.5 Å². The fraction of sp³-hybridized carbons (Fsp3) is 0. The number of furan rings is 4. The summed E-state index contributed by atoms with van der Waals surface area (Å²) in [6.07, 6.45) is 0. The van der Waals surface area contributed by atoms with E-state index in [0.717, 1.165) is 94.0 Å². The second-order valence-corrected chi connectivity index (χ2v) is 43.3. The highest BCUT2D eigenvalue weighted by Gasteiger charge is 2.29. The van der Waals surface area contributed by atoms with Crippen LogP contribution in [0.25, 0.3) is 322 Å². The molecule has 0 spiro atoms. The summed E-state index contributed by atoms with van der Waals surface area (Å²) in [6, 6.07) is 166. The average molecular weight is 1960 g/mol.